The van der Waals surface area contributed by atoms with Crippen molar-refractivity contribution in [3.05, 3.63) is 30.1 Å². The van der Waals surface area contributed by atoms with Crippen molar-refractivity contribution in [1.29, 1.82) is 0 Å². The summed E-state index contributed by atoms with van der Waals surface area (Å²) < 4.78 is 5.26. The Labute approximate surface area is 105 Å². The van der Waals surface area contributed by atoms with Crippen LogP contribution in [-0.2, 0) is 4.74 Å². The predicted molar refractivity (Wildman–Crippen MR) is 67.7 cm³/mol. The van der Waals surface area contributed by atoms with Gasteiger partial charge in [0.1, 0.15) is 0 Å². The van der Waals surface area contributed by atoms with Crippen molar-refractivity contribution in [3.63, 3.8) is 0 Å². The fraction of sp³-hybridized carbons (Fsp3) is 0.385. The first-order valence-electron chi connectivity index (χ1n) is 6.11. The number of para-hydroxylation sites is 2. The number of fused-ring (bicyclic) bond motifs is 1. The van der Waals surface area contributed by atoms with Gasteiger partial charge >= 0.3 is 0 Å². The highest BCUT2D eigenvalue weighted by atomic mass is 16.5. The Bertz CT molecular complexity index is 525. The number of benzene rings is 1. The summed E-state index contributed by atoms with van der Waals surface area (Å²) in [6.45, 7) is 3.43. The van der Waals surface area contributed by atoms with E-state index in [1.807, 2.05) is 24.3 Å². The quantitative estimate of drug-likeness (QED) is 0.822. The molecule has 1 saturated heterocycles. The normalized spacial score (nSPS) is 17.1. The Morgan fingerprint density at radius 1 is 1.33 bits per heavy atom. The van der Waals surface area contributed by atoms with E-state index in [1.54, 1.807) is 0 Å². The van der Waals surface area contributed by atoms with Gasteiger partial charge in [0.15, 0.2) is 5.82 Å². The lowest BCUT2D eigenvalue weighted by atomic mass is 10.3. The van der Waals surface area contributed by atoms with E-state index in [9.17, 15) is 4.79 Å². The molecule has 1 fully saturated rings. The lowest BCUT2D eigenvalue weighted by molar-refractivity contribution is 0.0369. The summed E-state index contributed by atoms with van der Waals surface area (Å²) >= 11 is 0. The average molecular weight is 245 g/mol. The van der Waals surface area contributed by atoms with E-state index in [4.69, 9.17) is 4.74 Å². The second kappa shape index (κ2) is 4.88. The molecule has 0 bridgehead atoms. The minimum atomic E-state index is 0.0353. The standard InChI is InChI=1S/C13H15N3O2/c17-12(9-16-5-7-18-8-6-16)13-14-10-3-1-2-4-11(10)15-13/h1-4H,5-9H2,(H,14,15). The molecule has 0 saturated carbocycles. The monoisotopic (exact) mass is 245 g/mol. The van der Waals surface area contributed by atoms with Gasteiger partial charge in [-0.1, -0.05) is 12.1 Å². The number of hydrogen-bond donors (Lipinski definition) is 1. The molecule has 1 aliphatic rings. The fourth-order valence-corrected chi connectivity index (χ4v) is 2.12. The van der Waals surface area contributed by atoms with Crippen LogP contribution >= 0.6 is 0 Å². The Morgan fingerprint density at radius 2 is 2.11 bits per heavy atom. The van der Waals surface area contributed by atoms with Crippen molar-refractivity contribution >= 4 is 16.8 Å². The zero-order valence-corrected chi connectivity index (χ0v) is 10.1. The number of nitrogens with one attached hydrogen (secondary N) is 1. The number of carbonyl (C=O) groups excluding carboxylic acids is 1. The topological polar surface area (TPSA) is 58.2 Å². The molecule has 3 rings (SSSR count). The van der Waals surface area contributed by atoms with Crippen molar-refractivity contribution in [1.82, 2.24) is 14.9 Å². The first-order valence-corrected chi connectivity index (χ1v) is 6.11. The second-order valence-electron chi connectivity index (χ2n) is 4.41. The molecular weight excluding hydrogens is 230 g/mol. The van der Waals surface area contributed by atoms with Gasteiger partial charge in [0.05, 0.1) is 30.8 Å². The van der Waals surface area contributed by atoms with E-state index in [-0.39, 0.29) is 5.78 Å². The molecule has 2 heterocycles. The van der Waals surface area contributed by atoms with E-state index in [1.165, 1.54) is 0 Å². The van der Waals surface area contributed by atoms with Crippen LogP contribution in [0.4, 0.5) is 0 Å². The third kappa shape index (κ3) is 2.27. The van der Waals surface area contributed by atoms with E-state index in [0.717, 1.165) is 24.1 Å². The van der Waals surface area contributed by atoms with Crippen LogP contribution in [0.25, 0.3) is 11.0 Å². The van der Waals surface area contributed by atoms with Gasteiger partial charge in [-0.15, -0.1) is 0 Å². The van der Waals surface area contributed by atoms with E-state index < -0.39 is 0 Å². The molecule has 2 aromatic rings. The first kappa shape index (κ1) is 11.4. The molecule has 18 heavy (non-hydrogen) atoms. The third-order valence-corrected chi connectivity index (χ3v) is 3.12. The number of rotatable bonds is 3. The van der Waals surface area contributed by atoms with Gasteiger partial charge in [-0.2, -0.15) is 0 Å². The molecule has 0 radical (unpaired) electrons. The average Bonchev–Trinajstić information content (AvgIpc) is 2.84. The lowest BCUT2D eigenvalue weighted by Crippen LogP contribution is -2.39. The molecule has 1 aromatic carbocycles. The smallest absolute Gasteiger partial charge is 0.211 e. The molecular formula is C13H15N3O2. The SMILES string of the molecule is O=C(CN1CCOCC1)c1nc2ccccc2[nH]1. The van der Waals surface area contributed by atoms with Crippen molar-refractivity contribution in [2.45, 2.75) is 0 Å². The highest BCUT2D eigenvalue weighted by Crippen LogP contribution is 2.11. The molecule has 0 atom stereocenters. The number of morpholine rings is 1. The summed E-state index contributed by atoms with van der Waals surface area (Å²) in [5.74, 6) is 0.482. The van der Waals surface area contributed by atoms with Crippen molar-refractivity contribution < 1.29 is 9.53 Å². The molecule has 0 unspecified atom stereocenters. The molecule has 0 aliphatic carbocycles. The first-order chi connectivity index (χ1) is 8.83. The summed E-state index contributed by atoms with van der Waals surface area (Å²) in [6.07, 6.45) is 0. The van der Waals surface area contributed by atoms with Gasteiger partial charge in [-0.25, -0.2) is 4.98 Å². The molecule has 5 nitrogen and oxygen atoms in total. The van der Waals surface area contributed by atoms with E-state index in [2.05, 4.69) is 14.9 Å². The van der Waals surface area contributed by atoms with E-state index in [0.29, 0.717) is 25.6 Å². The fourth-order valence-electron chi connectivity index (χ4n) is 2.12. The third-order valence-electron chi connectivity index (χ3n) is 3.12. The Balaban J connectivity index is 1.74. The van der Waals surface area contributed by atoms with Crippen molar-refractivity contribution in [3.8, 4) is 0 Å². The summed E-state index contributed by atoms with van der Waals surface area (Å²) in [5, 5.41) is 0. The lowest BCUT2D eigenvalue weighted by Gasteiger charge is -2.25. The number of ketones is 1. The Morgan fingerprint density at radius 3 is 2.89 bits per heavy atom. The van der Waals surface area contributed by atoms with Gasteiger partial charge in [0, 0.05) is 13.1 Å². The minimum absolute atomic E-state index is 0.0353. The number of aromatic amines is 1. The number of carbonyl (C=O) groups is 1. The summed E-state index contributed by atoms with van der Waals surface area (Å²) in [7, 11) is 0. The van der Waals surface area contributed by atoms with Crippen LogP contribution < -0.4 is 0 Å². The number of hydrogen-bond acceptors (Lipinski definition) is 4. The van der Waals surface area contributed by atoms with Crippen LogP contribution in [0.1, 0.15) is 10.6 Å². The van der Waals surface area contributed by atoms with Crippen molar-refractivity contribution in [2.75, 3.05) is 32.8 Å². The van der Waals surface area contributed by atoms with Crippen LogP contribution in [0, 0.1) is 0 Å². The highest BCUT2D eigenvalue weighted by Gasteiger charge is 2.17. The summed E-state index contributed by atoms with van der Waals surface area (Å²) in [5.41, 5.74) is 1.74. The number of ether oxygens (including phenoxy) is 1. The zero-order chi connectivity index (χ0) is 12.4. The maximum Gasteiger partial charge on any atom is 0.211 e. The van der Waals surface area contributed by atoms with Gasteiger partial charge in [0.2, 0.25) is 5.78 Å². The van der Waals surface area contributed by atoms with Crippen LogP contribution in [0.15, 0.2) is 24.3 Å². The Kier molecular flexibility index (Phi) is 3.08. The number of imidazole rings is 1. The Hall–Kier alpha value is -1.72. The van der Waals surface area contributed by atoms with Gasteiger partial charge < -0.3 is 9.72 Å². The van der Waals surface area contributed by atoms with Crippen LogP contribution in [0.3, 0.4) is 0 Å². The summed E-state index contributed by atoms with van der Waals surface area (Å²) in [4.78, 5) is 21.6. The maximum absolute atomic E-state index is 12.1. The van der Waals surface area contributed by atoms with Gasteiger partial charge in [-0.05, 0) is 12.1 Å². The molecule has 1 aromatic heterocycles. The molecule has 1 aliphatic heterocycles. The number of H-pyrrole nitrogens is 1. The molecule has 1 N–H and O–H groups in total. The number of Topliss-reactive ketones (excluding diaryl/α,β-unsaturated/α-hetero) is 1. The second-order valence-corrected chi connectivity index (χ2v) is 4.41. The number of aromatic nitrogens is 2. The maximum atomic E-state index is 12.1. The highest BCUT2D eigenvalue weighted by molar-refractivity contribution is 5.97. The zero-order valence-electron chi connectivity index (χ0n) is 10.1. The molecule has 0 amide bonds. The molecule has 5 heteroatoms. The van der Waals surface area contributed by atoms with Crippen LogP contribution in [0.5, 0.6) is 0 Å². The summed E-state index contributed by atoms with van der Waals surface area (Å²) in [6, 6.07) is 7.67. The molecule has 0 spiro atoms. The van der Waals surface area contributed by atoms with Crippen LogP contribution in [0.2, 0.25) is 0 Å². The minimum Gasteiger partial charge on any atom is -0.379 e. The largest absolute Gasteiger partial charge is 0.379 e. The van der Waals surface area contributed by atoms with E-state index >= 15 is 0 Å². The molecule has 94 valence electrons. The van der Waals surface area contributed by atoms with Gasteiger partial charge in [0.25, 0.3) is 0 Å². The predicted octanol–water partition coefficient (Wildman–Crippen LogP) is 1.08. The van der Waals surface area contributed by atoms with Gasteiger partial charge in [-0.3, -0.25) is 9.69 Å². The van der Waals surface area contributed by atoms with Crippen LogP contribution in [-0.4, -0.2) is 53.5 Å². The van der Waals surface area contributed by atoms with Crippen molar-refractivity contribution in [2.24, 2.45) is 0 Å². The number of nitrogens with zero attached hydrogens (tertiary/aromatic N) is 2.